The van der Waals surface area contributed by atoms with Gasteiger partial charge in [-0.15, -0.1) is 0 Å². The first-order chi connectivity index (χ1) is 8.49. The molecular weight excluding hydrogens is 238 g/mol. The number of amides is 1. The highest BCUT2D eigenvalue weighted by Gasteiger charge is 2.22. The molecule has 1 heterocycles. The second kappa shape index (κ2) is 5.82. The van der Waals surface area contributed by atoms with Crippen LogP contribution in [0.1, 0.15) is 24.4 Å². The molecule has 0 aliphatic carbocycles. The molecule has 96 valence electrons. The van der Waals surface area contributed by atoms with Crippen LogP contribution in [0.15, 0.2) is 16.5 Å². The van der Waals surface area contributed by atoms with Crippen molar-refractivity contribution in [3.05, 3.63) is 28.0 Å². The van der Waals surface area contributed by atoms with Crippen molar-refractivity contribution in [2.24, 2.45) is 5.92 Å². The smallest absolute Gasteiger partial charge is 0.395 e. The van der Waals surface area contributed by atoms with Crippen molar-refractivity contribution in [3.63, 3.8) is 0 Å². The SMILES string of the molecule is CCN(CC(C)C#N)C(=O)c1ccc([N+](=O)[O-])o1. The highest BCUT2D eigenvalue weighted by atomic mass is 16.6. The highest BCUT2D eigenvalue weighted by Crippen LogP contribution is 2.17. The molecule has 1 rings (SSSR count). The Kier molecular flexibility index (Phi) is 4.43. The second-order valence-electron chi connectivity index (χ2n) is 3.77. The normalized spacial score (nSPS) is 11.6. The summed E-state index contributed by atoms with van der Waals surface area (Å²) in [7, 11) is 0. The van der Waals surface area contributed by atoms with E-state index >= 15 is 0 Å². The fourth-order valence-electron chi connectivity index (χ4n) is 1.42. The van der Waals surface area contributed by atoms with Crippen LogP contribution in [0.5, 0.6) is 0 Å². The summed E-state index contributed by atoms with van der Waals surface area (Å²) < 4.78 is 4.83. The van der Waals surface area contributed by atoms with E-state index in [0.717, 1.165) is 6.07 Å². The van der Waals surface area contributed by atoms with Gasteiger partial charge in [-0.1, -0.05) is 0 Å². The number of carbonyl (C=O) groups excluding carboxylic acids is 1. The van der Waals surface area contributed by atoms with Crippen molar-refractivity contribution >= 4 is 11.8 Å². The lowest BCUT2D eigenvalue weighted by Crippen LogP contribution is -2.34. The number of nitriles is 1. The van der Waals surface area contributed by atoms with Gasteiger partial charge in [0.25, 0.3) is 5.91 Å². The molecule has 0 aromatic carbocycles. The molecule has 0 N–H and O–H groups in total. The second-order valence-corrected chi connectivity index (χ2v) is 3.77. The Morgan fingerprint density at radius 3 is 2.78 bits per heavy atom. The molecule has 1 aromatic rings. The molecule has 1 atom stereocenters. The van der Waals surface area contributed by atoms with E-state index in [1.54, 1.807) is 13.8 Å². The third kappa shape index (κ3) is 3.07. The van der Waals surface area contributed by atoms with Gasteiger partial charge in [-0.05, 0) is 19.9 Å². The topological polar surface area (TPSA) is 100 Å². The quantitative estimate of drug-likeness (QED) is 0.586. The van der Waals surface area contributed by atoms with E-state index in [2.05, 4.69) is 0 Å². The lowest BCUT2D eigenvalue weighted by atomic mass is 10.2. The zero-order valence-corrected chi connectivity index (χ0v) is 10.1. The predicted octanol–water partition coefficient (Wildman–Crippen LogP) is 1.81. The number of nitrogens with zero attached hydrogens (tertiary/aromatic N) is 3. The van der Waals surface area contributed by atoms with Gasteiger partial charge in [0.1, 0.15) is 4.92 Å². The summed E-state index contributed by atoms with van der Waals surface area (Å²) in [5.41, 5.74) is 0. The van der Waals surface area contributed by atoms with Gasteiger partial charge < -0.3 is 9.32 Å². The van der Waals surface area contributed by atoms with E-state index in [-0.39, 0.29) is 18.2 Å². The van der Waals surface area contributed by atoms with Crippen LogP contribution in [0.25, 0.3) is 0 Å². The van der Waals surface area contributed by atoms with Crippen LogP contribution in [0.3, 0.4) is 0 Å². The maximum absolute atomic E-state index is 12.0. The van der Waals surface area contributed by atoms with Crippen LogP contribution < -0.4 is 0 Å². The largest absolute Gasteiger partial charge is 0.433 e. The maximum atomic E-state index is 12.0. The van der Waals surface area contributed by atoms with E-state index < -0.39 is 16.7 Å². The summed E-state index contributed by atoms with van der Waals surface area (Å²) in [6.07, 6.45) is 0. The van der Waals surface area contributed by atoms with Crippen LogP contribution >= 0.6 is 0 Å². The summed E-state index contributed by atoms with van der Waals surface area (Å²) in [6.45, 7) is 4.12. The van der Waals surface area contributed by atoms with Crippen LogP contribution in [-0.4, -0.2) is 28.8 Å². The molecule has 7 nitrogen and oxygen atoms in total. The van der Waals surface area contributed by atoms with Gasteiger partial charge in [0.05, 0.1) is 18.1 Å². The molecule has 0 fully saturated rings. The van der Waals surface area contributed by atoms with Crippen LogP contribution in [-0.2, 0) is 0 Å². The average molecular weight is 251 g/mol. The molecule has 1 amide bonds. The Balaban J connectivity index is 2.83. The molecule has 0 bridgehead atoms. The molecular formula is C11H13N3O4. The van der Waals surface area contributed by atoms with Crippen LogP contribution in [0, 0.1) is 27.4 Å². The third-order valence-electron chi connectivity index (χ3n) is 2.37. The molecule has 7 heteroatoms. The number of nitro groups is 1. The van der Waals surface area contributed by atoms with Crippen molar-refractivity contribution in [3.8, 4) is 6.07 Å². The highest BCUT2D eigenvalue weighted by molar-refractivity contribution is 5.91. The van der Waals surface area contributed by atoms with Gasteiger partial charge in [-0.25, -0.2) is 0 Å². The number of rotatable bonds is 5. The Morgan fingerprint density at radius 1 is 1.67 bits per heavy atom. The number of carbonyl (C=O) groups is 1. The molecule has 1 unspecified atom stereocenters. The van der Waals surface area contributed by atoms with E-state index in [9.17, 15) is 14.9 Å². The number of hydrogen-bond acceptors (Lipinski definition) is 5. The Labute approximate surface area is 104 Å². The van der Waals surface area contributed by atoms with Gasteiger partial charge in [0.15, 0.2) is 5.76 Å². The molecule has 0 spiro atoms. The van der Waals surface area contributed by atoms with Gasteiger partial charge >= 0.3 is 5.88 Å². The van der Waals surface area contributed by atoms with Crippen molar-refractivity contribution in [2.75, 3.05) is 13.1 Å². The first-order valence-corrected chi connectivity index (χ1v) is 5.42. The van der Waals surface area contributed by atoms with Crippen molar-refractivity contribution < 1.29 is 14.1 Å². The average Bonchev–Trinajstić information content (AvgIpc) is 2.84. The monoisotopic (exact) mass is 251 g/mol. The zero-order chi connectivity index (χ0) is 13.7. The van der Waals surface area contributed by atoms with Crippen molar-refractivity contribution in [1.82, 2.24) is 4.90 Å². The predicted molar refractivity (Wildman–Crippen MR) is 61.7 cm³/mol. The molecule has 0 saturated heterocycles. The van der Waals surface area contributed by atoms with Gasteiger partial charge in [0.2, 0.25) is 0 Å². The van der Waals surface area contributed by atoms with Crippen LogP contribution in [0.2, 0.25) is 0 Å². The first-order valence-electron chi connectivity index (χ1n) is 5.42. The minimum Gasteiger partial charge on any atom is -0.395 e. The first kappa shape index (κ1) is 13.7. The lowest BCUT2D eigenvalue weighted by molar-refractivity contribution is -0.402. The van der Waals surface area contributed by atoms with Crippen molar-refractivity contribution in [2.45, 2.75) is 13.8 Å². The molecule has 0 radical (unpaired) electrons. The fraction of sp³-hybridized carbons (Fsp3) is 0.455. The standard InChI is InChI=1S/C11H13N3O4/c1-3-13(7-8(2)6-12)11(15)9-4-5-10(18-9)14(16)17/h4-5,8H,3,7H2,1-2H3. The molecule has 0 saturated carbocycles. The van der Waals surface area contributed by atoms with Gasteiger partial charge in [-0.2, -0.15) is 5.26 Å². The summed E-state index contributed by atoms with van der Waals surface area (Å²) in [6, 6.07) is 4.42. The maximum Gasteiger partial charge on any atom is 0.433 e. The lowest BCUT2D eigenvalue weighted by Gasteiger charge is -2.20. The summed E-state index contributed by atoms with van der Waals surface area (Å²) in [5.74, 6) is -1.32. The van der Waals surface area contributed by atoms with Crippen molar-refractivity contribution in [1.29, 1.82) is 5.26 Å². The van der Waals surface area contributed by atoms with E-state index in [4.69, 9.17) is 9.68 Å². The van der Waals surface area contributed by atoms with E-state index in [0.29, 0.717) is 6.54 Å². The Hall–Kier alpha value is -2.36. The molecule has 0 aliphatic rings. The molecule has 18 heavy (non-hydrogen) atoms. The van der Waals surface area contributed by atoms with E-state index in [1.807, 2.05) is 6.07 Å². The molecule has 0 aliphatic heterocycles. The summed E-state index contributed by atoms with van der Waals surface area (Å²) >= 11 is 0. The Morgan fingerprint density at radius 2 is 2.33 bits per heavy atom. The minimum absolute atomic E-state index is 0.0892. The van der Waals surface area contributed by atoms with E-state index in [1.165, 1.54) is 11.0 Å². The third-order valence-corrected chi connectivity index (χ3v) is 2.37. The molecule has 1 aromatic heterocycles. The van der Waals surface area contributed by atoms with Gasteiger partial charge in [-0.3, -0.25) is 14.9 Å². The number of furan rings is 1. The van der Waals surface area contributed by atoms with Crippen LogP contribution in [0.4, 0.5) is 5.88 Å². The van der Waals surface area contributed by atoms with Gasteiger partial charge in [0, 0.05) is 13.1 Å². The fourth-order valence-corrected chi connectivity index (χ4v) is 1.42. The summed E-state index contributed by atoms with van der Waals surface area (Å²) in [4.78, 5) is 23.1. The Bertz CT molecular complexity index is 489. The minimum atomic E-state index is -0.703. The zero-order valence-electron chi connectivity index (χ0n) is 10.1. The number of hydrogen-bond donors (Lipinski definition) is 0. The summed E-state index contributed by atoms with van der Waals surface area (Å²) in [5, 5.41) is 19.2.